The van der Waals surface area contributed by atoms with Gasteiger partial charge in [0.15, 0.2) is 0 Å². The monoisotopic (exact) mass is 209 g/mol. The van der Waals surface area contributed by atoms with Crippen LogP contribution in [0.5, 0.6) is 0 Å². The summed E-state index contributed by atoms with van der Waals surface area (Å²) in [6.07, 6.45) is 1.84. The molecule has 0 unspecified atom stereocenters. The summed E-state index contributed by atoms with van der Waals surface area (Å²) in [5.41, 5.74) is 0.672. The van der Waals surface area contributed by atoms with Crippen molar-refractivity contribution in [3.63, 3.8) is 0 Å². The molecule has 0 saturated heterocycles. The van der Waals surface area contributed by atoms with Crippen LogP contribution in [0.4, 0.5) is 0 Å². The molecule has 0 fully saturated rings. The Morgan fingerprint density at radius 3 is 2.13 bits per heavy atom. The Balaban J connectivity index is 0. The lowest BCUT2D eigenvalue weighted by atomic mass is 10.2. The van der Waals surface area contributed by atoms with Crippen LogP contribution in [0.3, 0.4) is 0 Å². The van der Waals surface area contributed by atoms with Gasteiger partial charge in [-0.3, -0.25) is 4.79 Å². The van der Waals surface area contributed by atoms with Crippen molar-refractivity contribution in [2.75, 3.05) is 0 Å². The molecule has 86 valence electrons. The van der Waals surface area contributed by atoms with Gasteiger partial charge in [0.1, 0.15) is 0 Å². The van der Waals surface area contributed by atoms with Crippen LogP contribution >= 0.6 is 0 Å². The molecule has 15 heavy (non-hydrogen) atoms. The fourth-order valence-corrected chi connectivity index (χ4v) is 0.963. The molecule has 1 aromatic rings. The number of H-pyrrole nitrogens is 1. The summed E-state index contributed by atoms with van der Waals surface area (Å²) in [6.45, 7) is 15.4. The Bertz CT molecular complexity index is 415. The molecule has 0 aliphatic rings. The van der Waals surface area contributed by atoms with Crippen molar-refractivity contribution in [1.82, 2.24) is 4.98 Å². The van der Waals surface area contributed by atoms with Gasteiger partial charge in [0.05, 0.1) is 0 Å². The number of rotatable bonds is 0. The van der Waals surface area contributed by atoms with E-state index in [0.717, 1.165) is 10.6 Å². The number of hydrogen-bond acceptors (Lipinski definition) is 1. The quantitative estimate of drug-likeness (QED) is 0.696. The summed E-state index contributed by atoms with van der Waals surface area (Å²) in [7, 11) is 0. The highest BCUT2D eigenvalue weighted by atomic mass is 16.1. The number of aromatic amines is 1. The number of pyridine rings is 1. The zero-order valence-corrected chi connectivity index (χ0v) is 10.8. The second-order valence-electron chi connectivity index (χ2n) is 2.51. The minimum atomic E-state index is -0.0366. The largest absolute Gasteiger partial charge is 0.322 e. The second kappa shape index (κ2) is 9.25. The van der Waals surface area contributed by atoms with E-state index < -0.39 is 0 Å². The molecule has 0 amide bonds. The second-order valence-corrected chi connectivity index (χ2v) is 2.51. The maximum absolute atomic E-state index is 11.0. The summed E-state index contributed by atoms with van der Waals surface area (Å²) >= 11 is 0. The molecule has 0 radical (unpaired) electrons. The highest BCUT2D eigenvalue weighted by Crippen LogP contribution is 1.73. The fourth-order valence-electron chi connectivity index (χ4n) is 0.963. The van der Waals surface area contributed by atoms with E-state index in [9.17, 15) is 4.79 Å². The summed E-state index contributed by atoms with van der Waals surface area (Å²) in [5.74, 6) is 0. The topological polar surface area (TPSA) is 32.9 Å². The van der Waals surface area contributed by atoms with Crippen LogP contribution in [0, 0.1) is 6.92 Å². The van der Waals surface area contributed by atoms with Gasteiger partial charge < -0.3 is 4.98 Å². The SMILES string of the molecule is C=c1cc(C)c(=O)[nH]/c1=C/C.CC.CC. The Kier molecular flexibility index (Phi) is 9.95. The molecule has 1 N–H and O–H groups in total. The van der Waals surface area contributed by atoms with Crippen molar-refractivity contribution in [2.45, 2.75) is 41.5 Å². The van der Waals surface area contributed by atoms with Crippen molar-refractivity contribution in [1.29, 1.82) is 0 Å². The van der Waals surface area contributed by atoms with Crippen LogP contribution in [0.2, 0.25) is 0 Å². The number of nitrogens with one attached hydrogen (secondary N) is 1. The normalized spacial score (nSPS) is 9.60. The molecule has 0 aliphatic heterocycles. The van der Waals surface area contributed by atoms with Crippen LogP contribution in [-0.4, -0.2) is 4.98 Å². The molecule has 1 aromatic heterocycles. The van der Waals surface area contributed by atoms with Gasteiger partial charge in [-0.15, -0.1) is 0 Å². The van der Waals surface area contributed by atoms with Crippen LogP contribution in [0.1, 0.15) is 40.2 Å². The number of aromatic nitrogens is 1. The predicted molar refractivity (Wildman–Crippen MR) is 69.4 cm³/mol. The number of hydrogen-bond donors (Lipinski definition) is 1. The van der Waals surface area contributed by atoms with Crippen molar-refractivity contribution in [3.05, 3.63) is 32.6 Å². The molecule has 0 aromatic carbocycles. The Morgan fingerprint density at radius 1 is 1.27 bits per heavy atom. The standard InChI is InChI=1S/C9H11NO.2C2H6/c1-4-8-6(2)5-7(3)9(11)10-8;2*1-2/h4-5H,2H2,1,3H3,(H,10,11);2*1-2H3/b8-4+;;. The smallest absolute Gasteiger partial charge is 0.251 e. The molecular weight excluding hydrogens is 186 g/mol. The van der Waals surface area contributed by atoms with Crippen molar-refractivity contribution < 1.29 is 0 Å². The Labute approximate surface area is 92.4 Å². The summed E-state index contributed by atoms with van der Waals surface area (Å²) in [6, 6.07) is 1.79. The molecule has 1 rings (SSSR count). The first-order valence-corrected chi connectivity index (χ1v) is 5.50. The van der Waals surface area contributed by atoms with E-state index in [1.54, 1.807) is 13.0 Å². The van der Waals surface area contributed by atoms with E-state index in [0.29, 0.717) is 5.56 Å². The first-order chi connectivity index (χ1) is 7.15. The van der Waals surface area contributed by atoms with E-state index in [4.69, 9.17) is 0 Å². The van der Waals surface area contributed by atoms with Gasteiger partial charge in [-0.25, -0.2) is 0 Å². The van der Waals surface area contributed by atoms with E-state index in [1.165, 1.54) is 0 Å². The number of aryl methyl sites for hydroxylation is 1. The molecule has 2 nitrogen and oxygen atoms in total. The zero-order chi connectivity index (χ0) is 12.4. The van der Waals surface area contributed by atoms with Crippen LogP contribution < -0.4 is 16.1 Å². The first kappa shape index (κ1) is 16.1. The highest BCUT2D eigenvalue weighted by Gasteiger charge is 1.90. The van der Waals surface area contributed by atoms with E-state index >= 15 is 0 Å². The predicted octanol–water partition coefficient (Wildman–Crippen LogP) is 1.95. The third-order valence-corrected chi connectivity index (χ3v) is 1.63. The lowest BCUT2D eigenvalue weighted by molar-refractivity contribution is 1.11. The molecule has 0 aliphatic carbocycles. The molecule has 0 spiro atoms. The van der Waals surface area contributed by atoms with Gasteiger partial charge in [0, 0.05) is 10.9 Å². The van der Waals surface area contributed by atoms with Crippen molar-refractivity contribution in [3.8, 4) is 0 Å². The molecule has 2 heteroatoms. The van der Waals surface area contributed by atoms with Crippen LogP contribution in [0.15, 0.2) is 10.9 Å². The average molecular weight is 209 g/mol. The van der Waals surface area contributed by atoms with Gasteiger partial charge in [-0.05, 0) is 25.1 Å². The summed E-state index contributed by atoms with van der Waals surface area (Å²) < 4.78 is 0. The van der Waals surface area contributed by atoms with Crippen LogP contribution in [0.25, 0.3) is 12.7 Å². The van der Waals surface area contributed by atoms with Gasteiger partial charge in [-0.1, -0.05) is 40.3 Å². The van der Waals surface area contributed by atoms with E-state index in [2.05, 4.69) is 11.6 Å². The molecule has 0 atom stereocenters. The Hall–Kier alpha value is -1.31. The molecular formula is C13H23NO. The summed E-state index contributed by atoms with van der Waals surface area (Å²) in [4.78, 5) is 13.8. The average Bonchev–Trinajstić information content (AvgIpc) is 2.29. The molecule has 0 saturated carbocycles. The van der Waals surface area contributed by atoms with Crippen molar-refractivity contribution >= 4 is 12.7 Å². The summed E-state index contributed by atoms with van der Waals surface area (Å²) in [5, 5.41) is 1.67. The first-order valence-electron chi connectivity index (χ1n) is 5.50. The maximum Gasteiger partial charge on any atom is 0.251 e. The van der Waals surface area contributed by atoms with E-state index in [-0.39, 0.29) is 5.56 Å². The zero-order valence-electron chi connectivity index (χ0n) is 10.8. The molecule has 1 heterocycles. The fraction of sp³-hybridized carbons (Fsp3) is 0.462. The third kappa shape index (κ3) is 5.21. The van der Waals surface area contributed by atoms with Gasteiger partial charge >= 0.3 is 0 Å². The van der Waals surface area contributed by atoms with Gasteiger partial charge in [0.25, 0.3) is 5.56 Å². The van der Waals surface area contributed by atoms with Gasteiger partial charge in [0.2, 0.25) is 0 Å². The highest BCUT2D eigenvalue weighted by molar-refractivity contribution is 5.21. The minimum absolute atomic E-state index is 0.0366. The molecule has 0 bridgehead atoms. The Morgan fingerprint density at radius 2 is 1.73 bits per heavy atom. The minimum Gasteiger partial charge on any atom is -0.322 e. The lowest BCUT2D eigenvalue weighted by Crippen LogP contribution is -2.34. The third-order valence-electron chi connectivity index (χ3n) is 1.63. The lowest BCUT2D eigenvalue weighted by Gasteiger charge is -1.90. The maximum atomic E-state index is 11.0. The van der Waals surface area contributed by atoms with Gasteiger partial charge in [-0.2, -0.15) is 0 Å². The van der Waals surface area contributed by atoms with E-state index in [1.807, 2.05) is 40.7 Å². The van der Waals surface area contributed by atoms with Crippen molar-refractivity contribution in [2.24, 2.45) is 0 Å². The van der Waals surface area contributed by atoms with Crippen LogP contribution in [-0.2, 0) is 0 Å².